The Balaban J connectivity index is 2.58. The van der Waals surface area contributed by atoms with Crippen molar-refractivity contribution in [3.05, 3.63) is 39.4 Å². The second kappa shape index (κ2) is 4.57. The van der Waals surface area contributed by atoms with E-state index in [1.807, 2.05) is 0 Å². The van der Waals surface area contributed by atoms with Gasteiger partial charge in [0.15, 0.2) is 6.10 Å². The Morgan fingerprint density at radius 1 is 1.55 bits per heavy atom. The zero-order chi connectivity index (χ0) is 15.1. The molecule has 0 saturated heterocycles. The maximum absolute atomic E-state index is 11.6. The molecule has 1 aromatic rings. The third kappa shape index (κ3) is 1.90. The van der Waals surface area contributed by atoms with Crippen LogP contribution in [-0.2, 0) is 9.53 Å². The molecule has 8 nitrogen and oxygen atoms in total. The summed E-state index contributed by atoms with van der Waals surface area (Å²) in [5, 5.41) is 30.0. The van der Waals surface area contributed by atoms with Crippen molar-refractivity contribution in [2.75, 3.05) is 0 Å². The van der Waals surface area contributed by atoms with Crippen molar-refractivity contribution in [3.8, 4) is 0 Å². The zero-order valence-electron chi connectivity index (χ0n) is 10.4. The number of carboxylic acid groups (broad SMARTS) is 1. The molecule has 1 heterocycles. The van der Waals surface area contributed by atoms with Crippen LogP contribution in [0.15, 0.2) is 18.2 Å². The van der Waals surface area contributed by atoms with E-state index < -0.39 is 28.6 Å². The second-order valence-corrected chi connectivity index (χ2v) is 4.40. The van der Waals surface area contributed by atoms with E-state index in [1.54, 1.807) is 0 Å². The molecule has 1 aliphatic heterocycles. The van der Waals surface area contributed by atoms with Crippen LogP contribution in [0.1, 0.15) is 35.4 Å². The number of carbonyl (C=O) groups is 2. The first kappa shape index (κ1) is 13.9. The SMILES string of the molecule is CC[C@@](O)(C(=O)O)[C@@H]1OC(=O)c2ccc([N+](=O)[O-])cc21. The van der Waals surface area contributed by atoms with Crippen LogP contribution >= 0.6 is 0 Å². The summed E-state index contributed by atoms with van der Waals surface area (Å²) in [6, 6.07) is 3.36. The number of carboxylic acids is 1. The number of aliphatic carboxylic acids is 1. The first-order valence-corrected chi connectivity index (χ1v) is 5.76. The van der Waals surface area contributed by atoms with E-state index in [0.717, 1.165) is 12.1 Å². The number of nitro groups is 1. The summed E-state index contributed by atoms with van der Waals surface area (Å²) in [4.78, 5) is 32.9. The average Bonchev–Trinajstić information content (AvgIpc) is 2.75. The number of cyclic esters (lactones) is 1. The van der Waals surface area contributed by atoms with Crippen LogP contribution in [0.2, 0.25) is 0 Å². The number of esters is 1. The normalized spacial score (nSPS) is 19.9. The Labute approximate surface area is 112 Å². The first-order chi connectivity index (χ1) is 9.31. The fourth-order valence-corrected chi connectivity index (χ4v) is 2.10. The van der Waals surface area contributed by atoms with E-state index in [4.69, 9.17) is 9.84 Å². The molecule has 0 aliphatic carbocycles. The summed E-state index contributed by atoms with van der Waals surface area (Å²) in [5.41, 5.74) is -2.60. The Morgan fingerprint density at radius 3 is 2.70 bits per heavy atom. The van der Waals surface area contributed by atoms with Gasteiger partial charge in [-0.05, 0) is 12.5 Å². The molecular weight excluding hydrogens is 270 g/mol. The highest BCUT2D eigenvalue weighted by Gasteiger charge is 2.51. The van der Waals surface area contributed by atoms with Gasteiger partial charge in [0.05, 0.1) is 10.5 Å². The van der Waals surface area contributed by atoms with Crippen molar-refractivity contribution in [2.24, 2.45) is 0 Å². The molecule has 0 amide bonds. The molecule has 1 aliphatic rings. The molecule has 106 valence electrons. The van der Waals surface area contributed by atoms with Gasteiger partial charge in [-0.2, -0.15) is 0 Å². The molecule has 8 heteroatoms. The number of non-ortho nitro benzene ring substituents is 1. The second-order valence-electron chi connectivity index (χ2n) is 4.40. The highest BCUT2D eigenvalue weighted by atomic mass is 16.6. The van der Waals surface area contributed by atoms with Gasteiger partial charge in [-0.1, -0.05) is 6.92 Å². The van der Waals surface area contributed by atoms with Crippen LogP contribution in [0.4, 0.5) is 5.69 Å². The van der Waals surface area contributed by atoms with Crippen LogP contribution in [0.25, 0.3) is 0 Å². The van der Waals surface area contributed by atoms with Gasteiger partial charge in [-0.15, -0.1) is 0 Å². The van der Waals surface area contributed by atoms with Gasteiger partial charge < -0.3 is 14.9 Å². The minimum atomic E-state index is -2.32. The van der Waals surface area contributed by atoms with Crippen molar-refractivity contribution < 1.29 is 29.5 Å². The van der Waals surface area contributed by atoms with Crippen LogP contribution in [0.5, 0.6) is 0 Å². The van der Waals surface area contributed by atoms with E-state index in [2.05, 4.69) is 0 Å². The van der Waals surface area contributed by atoms with Crippen molar-refractivity contribution in [2.45, 2.75) is 25.0 Å². The predicted molar refractivity (Wildman–Crippen MR) is 64.1 cm³/mol. The number of fused-ring (bicyclic) bond motifs is 1. The minimum absolute atomic E-state index is 0.0101. The van der Waals surface area contributed by atoms with Gasteiger partial charge in [0.2, 0.25) is 5.60 Å². The van der Waals surface area contributed by atoms with E-state index >= 15 is 0 Å². The lowest BCUT2D eigenvalue weighted by Crippen LogP contribution is -2.44. The summed E-state index contributed by atoms with van der Waals surface area (Å²) >= 11 is 0. The van der Waals surface area contributed by atoms with Crippen LogP contribution in [0, 0.1) is 10.1 Å². The molecule has 0 fully saturated rings. The van der Waals surface area contributed by atoms with Crippen molar-refractivity contribution in [3.63, 3.8) is 0 Å². The smallest absolute Gasteiger partial charge is 0.340 e. The maximum Gasteiger partial charge on any atom is 0.340 e. The largest absolute Gasteiger partial charge is 0.479 e. The molecular formula is C12H11NO7. The highest BCUT2D eigenvalue weighted by Crippen LogP contribution is 2.41. The molecule has 0 bridgehead atoms. The van der Waals surface area contributed by atoms with E-state index in [0.29, 0.717) is 0 Å². The number of rotatable bonds is 4. The predicted octanol–water partition coefficient (Wildman–Crippen LogP) is 1.03. The average molecular weight is 281 g/mol. The fraction of sp³-hybridized carbons (Fsp3) is 0.333. The summed E-state index contributed by atoms with van der Waals surface area (Å²) in [6.45, 7) is 1.41. The molecule has 0 saturated carbocycles. The van der Waals surface area contributed by atoms with Gasteiger partial charge >= 0.3 is 11.9 Å². The Bertz CT molecular complexity index is 612. The number of nitro benzene ring substituents is 1. The summed E-state index contributed by atoms with van der Waals surface area (Å²) in [5.74, 6) is -2.37. The molecule has 2 N–H and O–H groups in total. The van der Waals surface area contributed by atoms with Gasteiger partial charge in [0.25, 0.3) is 5.69 Å². The number of nitrogens with zero attached hydrogens (tertiary/aromatic N) is 1. The third-order valence-electron chi connectivity index (χ3n) is 3.32. The highest BCUT2D eigenvalue weighted by molar-refractivity contribution is 5.96. The molecule has 1 aromatic carbocycles. The lowest BCUT2D eigenvalue weighted by Gasteiger charge is -2.27. The lowest BCUT2D eigenvalue weighted by atomic mass is 9.88. The van der Waals surface area contributed by atoms with Crippen LogP contribution < -0.4 is 0 Å². The fourth-order valence-electron chi connectivity index (χ4n) is 2.10. The molecule has 2 atom stereocenters. The van der Waals surface area contributed by atoms with E-state index in [1.165, 1.54) is 13.0 Å². The van der Waals surface area contributed by atoms with Gasteiger partial charge in [-0.3, -0.25) is 10.1 Å². The molecule has 2 rings (SSSR count). The van der Waals surface area contributed by atoms with Gasteiger partial charge in [-0.25, -0.2) is 9.59 Å². The number of carbonyl (C=O) groups excluding carboxylic acids is 1. The lowest BCUT2D eigenvalue weighted by molar-refractivity contribution is -0.385. The Kier molecular flexibility index (Phi) is 3.18. The number of aliphatic hydroxyl groups is 1. The van der Waals surface area contributed by atoms with Crippen LogP contribution in [-0.4, -0.2) is 32.7 Å². The summed E-state index contributed by atoms with van der Waals surface area (Å²) in [6.07, 6.45) is -1.69. The topological polar surface area (TPSA) is 127 Å². The van der Waals surface area contributed by atoms with Crippen molar-refractivity contribution in [1.29, 1.82) is 0 Å². The monoisotopic (exact) mass is 281 g/mol. The Hall–Kier alpha value is -2.48. The summed E-state index contributed by atoms with van der Waals surface area (Å²) in [7, 11) is 0. The summed E-state index contributed by atoms with van der Waals surface area (Å²) < 4.78 is 4.89. The number of benzene rings is 1. The minimum Gasteiger partial charge on any atom is -0.479 e. The van der Waals surface area contributed by atoms with E-state index in [9.17, 15) is 24.8 Å². The van der Waals surface area contributed by atoms with Gasteiger partial charge in [0.1, 0.15) is 0 Å². The molecule has 0 aromatic heterocycles. The van der Waals surface area contributed by atoms with Crippen LogP contribution in [0.3, 0.4) is 0 Å². The first-order valence-electron chi connectivity index (χ1n) is 5.76. The quantitative estimate of drug-likeness (QED) is 0.479. The molecule has 0 unspecified atom stereocenters. The Morgan fingerprint density at radius 2 is 2.20 bits per heavy atom. The third-order valence-corrected chi connectivity index (χ3v) is 3.32. The zero-order valence-corrected chi connectivity index (χ0v) is 10.4. The van der Waals surface area contributed by atoms with Gasteiger partial charge in [0, 0.05) is 17.7 Å². The number of hydrogen-bond donors (Lipinski definition) is 2. The van der Waals surface area contributed by atoms with E-state index in [-0.39, 0.29) is 23.2 Å². The maximum atomic E-state index is 11.6. The molecule has 0 spiro atoms. The van der Waals surface area contributed by atoms with Crippen molar-refractivity contribution in [1.82, 2.24) is 0 Å². The number of hydrogen-bond acceptors (Lipinski definition) is 6. The number of ether oxygens (including phenoxy) is 1. The molecule has 20 heavy (non-hydrogen) atoms. The molecule has 0 radical (unpaired) electrons. The standard InChI is InChI=1S/C12H11NO7/c1-2-12(17,11(15)16)9-8-5-6(13(18)19)3-4-7(8)10(14)20-9/h3-5,9,17H,2H2,1H3,(H,15,16)/t9-,12+/m1/s1. The van der Waals surface area contributed by atoms with Crippen molar-refractivity contribution >= 4 is 17.6 Å².